The summed E-state index contributed by atoms with van der Waals surface area (Å²) in [5.41, 5.74) is 3.39. The Morgan fingerprint density at radius 2 is 1.16 bits per heavy atom. The molecule has 44 heavy (non-hydrogen) atoms. The van der Waals surface area contributed by atoms with Gasteiger partial charge in [0.1, 0.15) is 11.6 Å². The van der Waals surface area contributed by atoms with Gasteiger partial charge in [-0.2, -0.15) is 9.97 Å². The van der Waals surface area contributed by atoms with Gasteiger partial charge in [0.15, 0.2) is 0 Å². The number of hydrogen-bond acceptors (Lipinski definition) is 10. The van der Waals surface area contributed by atoms with Gasteiger partial charge in [0.05, 0.1) is 37.5 Å². The summed E-state index contributed by atoms with van der Waals surface area (Å²) in [4.78, 5) is 30.1. The summed E-state index contributed by atoms with van der Waals surface area (Å²) in [6.45, 7) is 10.2. The highest BCUT2D eigenvalue weighted by atomic mass is 16.5. The van der Waals surface area contributed by atoms with Crippen molar-refractivity contribution in [3.63, 3.8) is 0 Å². The Morgan fingerprint density at radius 3 is 1.93 bits per heavy atom. The molecular formula is C34H42N8O2. The Morgan fingerprint density at radius 1 is 0.545 bits per heavy atom. The summed E-state index contributed by atoms with van der Waals surface area (Å²) in [5, 5.41) is 2.28. The smallest absolute Gasteiger partial charge is 0.228 e. The third-order valence-corrected chi connectivity index (χ3v) is 9.70. The first-order valence-electron chi connectivity index (χ1n) is 16.5. The fourth-order valence-electron chi connectivity index (χ4n) is 7.26. The topological polar surface area (TPSA) is 83.0 Å². The molecule has 6 heterocycles. The van der Waals surface area contributed by atoms with Gasteiger partial charge in [0.2, 0.25) is 11.9 Å². The zero-order valence-corrected chi connectivity index (χ0v) is 25.5. The van der Waals surface area contributed by atoms with Crippen LogP contribution in [-0.2, 0) is 9.47 Å². The van der Waals surface area contributed by atoms with E-state index in [9.17, 15) is 0 Å². The van der Waals surface area contributed by atoms with Crippen LogP contribution in [0.4, 0.5) is 23.5 Å². The van der Waals surface area contributed by atoms with Crippen molar-refractivity contribution in [2.45, 2.75) is 38.0 Å². The Hall–Kier alpha value is -3.76. The highest BCUT2D eigenvalue weighted by Gasteiger charge is 2.27. The summed E-state index contributed by atoms with van der Waals surface area (Å²) >= 11 is 0. The number of hydrogen-bond donors (Lipinski definition) is 0. The van der Waals surface area contributed by atoms with E-state index in [1.165, 1.54) is 24.8 Å². The van der Waals surface area contributed by atoms with Crippen molar-refractivity contribution < 1.29 is 9.47 Å². The maximum atomic E-state index is 5.66. The number of para-hydroxylation sites is 1. The van der Waals surface area contributed by atoms with Crippen LogP contribution in [0.1, 0.15) is 43.6 Å². The summed E-state index contributed by atoms with van der Waals surface area (Å²) in [6, 6.07) is 15.4. The molecule has 0 radical (unpaired) electrons. The summed E-state index contributed by atoms with van der Waals surface area (Å²) in [6.07, 6.45) is 6.02. The quantitative estimate of drug-likeness (QED) is 0.326. The van der Waals surface area contributed by atoms with E-state index in [1.54, 1.807) is 0 Å². The molecule has 2 aromatic heterocycles. The van der Waals surface area contributed by atoms with E-state index in [0.29, 0.717) is 19.1 Å². The summed E-state index contributed by atoms with van der Waals surface area (Å²) in [7, 11) is 0. The van der Waals surface area contributed by atoms with Crippen LogP contribution in [0.5, 0.6) is 0 Å². The van der Waals surface area contributed by atoms with E-state index in [2.05, 4.69) is 62.1 Å². The molecular weight excluding hydrogens is 552 g/mol. The minimum Gasteiger partial charge on any atom is -0.378 e. The molecule has 4 aliphatic heterocycles. The number of morpholine rings is 2. The lowest BCUT2D eigenvalue weighted by molar-refractivity contribution is 0.121. The molecule has 4 aromatic rings. The van der Waals surface area contributed by atoms with Gasteiger partial charge in [-0.1, -0.05) is 18.2 Å². The van der Waals surface area contributed by atoms with E-state index in [1.807, 2.05) is 0 Å². The van der Waals surface area contributed by atoms with Crippen molar-refractivity contribution in [3.05, 3.63) is 48.0 Å². The highest BCUT2D eigenvalue weighted by molar-refractivity contribution is 5.92. The van der Waals surface area contributed by atoms with Crippen LogP contribution in [0.25, 0.3) is 21.8 Å². The van der Waals surface area contributed by atoms with Crippen molar-refractivity contribution in [2.24, 2.45) is 0 Å². The molecule has 0 N–H and O–H groups in total. The molecule has 0 amide bonds. The summed E-state index contributed by atoms with van der Waals surface area (Å²) in [5.74, 6) is 4.17. The van der Waals surface area contributed by atoms with Crippen LogP contribution in [-0.4, -0.2) is 98.7 Å². The lowest BCUT2D eigenvalue weighted by atomic mass is 9.90. The monoisotopic (exact) mass is 594 g/mol. The van der Waals surface area contributed by atoms with Crippen LogP contribution < -0.4 is 19.6 Å². The number of rotatable bonds is 5. The van der Waals surface area contributed by atoms with Gasteiger partial charge in [-0.25, -0.2) is 9.97 Å². The molecule has 4 aliphatic rings. The molecule has 10 heteroatoms. The normalized spacial score (nSPS) is 21.8. The Bertz CT molecular complexity index is 1610. The molecule has 230 valence electrons. The van der Waals surface area contributed by atoms with E-state index in [-0.39, 0.29) is 0 Å². The Balaban J connectivity index is 1.12. The SMILES string of the molecule is c1ccc2c(N3CCCCC3)nc(N3CCCC(c4ccc5c(N6CCOCC6)nc(N6CCOCC6)nc5c4)C3)nc2c1. The lowest BCUT2D eigenvalue weighted by Gasteiger charge is -2.35. The maximum absolute atomic E-state index is 5.66. The zero-order chi connectivity index (χ0) is 29.3. The van der Waals surface area contributed by atoms with Crippen molar-refractivity contribution in [3.8, 4) is 0 Å². The van der Waals surface area contributed by atoms with Gasteiger partial charge >= 0.3 is 0 Å². The molecule has 4 saturated heterocycles. The van der Waals surface area contributed by atoms with E-state index in [0.717, 1.165) is 124 Å². The molecule has 4 fully saturated rings. The molecule has 1 atom stereocenters. The number of fused-ring (bicyclic) bond motifs is 2. The van der Waals surface area contributed by atoms with E-state index in [4.69, 9.17) is 29.4 Å². The van der Waals surface area contributed by atoms with Gasteiger partial charge in [-0.3, -0.25) is 0 Å². The third kappa shape index (κ3) is 5.49. The first kappa shape index (κ1) is 27.8. The molecule has 0 saturated carbocycles. The predicted molar refractivity (Wildman–Crippen MR) is 175 cm³/mol. The molecule has 2 aromatic carbocycles. The van der Waals surface area contributed by atoms with Crippen molar-refractivity contribution in [2.75, 3.05) is 98.4 Å². The second-order valence-electron chi connectivity index (χ2n) is 12.5. The van der Waals surface area contributed by atoms with Gasteiger partial charge in [0.25, 0.3) is 0 Å². The van der Waals surface area contributed by atoms with Crippen molar-refractivity contribution in [1.29, 1.82) is 0 Å². The number of ether oxygens (including phenoxy) is 2. The van der Waals surface area contributed by atoms with Gasteiger partial charge in [0, 0.05) is 69.0 Å². The van der Waals surface area contributed by atoms with Crippen molar-refractivity contribution in [1.82, 2.24) is 19.9 Å². The third-order valence-electron chi connectivity index (χ3n) is 9.70. The zero-order valence-electron chi connectivity index (χ0n) is 25.5. The van der Waals surface area contributed by atoms with Gasteiger partial charge < -0.3 is 29.1 Å². The predicted octanol–water partition coefficient (Wildman–Crippen LogP) is 4.62. The second-order valence-corrected chi connectivity index (χ2v) is 12.5. The van der Waals surface area contributed by atoms with Crippen LogP contribution in [0.3, 0.4) is 0 Å². The average molecular weight is 595 g/mol. The highest BCUT2D eigenvalue weighted by Crippen LogP contribution is 2.35. The maximum Gasteiger partial charge on any atom is 0.228 e. The standard InChI is InChI=1S/C34H42N8O2/c1-4-12-39(13-5-1)31-27-8-2-3-9-29(27)35-34(38-31)42-14-6-7-26(24-42)25-10-11-28-30(23-25)36-33(41-17-21-44-22-18-41)37-32(28)40-15-19-43-20-16-40/h2-3,8-11,23,26H,1,4-7,12-22,24H2. The van der Waals surface area contributed by atoms with Crippen LogP contribution in [0.2, 0.25) is 0 Å². The largest absolute Gasteiger partial charge is 0.378 e. The summed E-state index contributed by atoms with van der Waals surface area (Å²) < 4.78 is 11.3. The van der Waals surface area contributed by atoms with Crippen LogP contribution in [0, 0.1) is 0 Å². The number of piperidine rings is 2. The molecule has 0 spiro atoms. The number of nitrogens with zero attached hydrogens (tertiary/aromatic N) is 8. The van der Waals surface area contributed by atoms with Crippen LogP contribution >= 0.6 is 0 Å². The molecule has 0 aliphatic carbocycles. The average Bonchev–Trinajstić information content (AvgIpc) is 3.11. The molecule has 8 rings (SSSR count). The first-order chi connectivity index (χ1) is 21.8. The van der Waals surface area contributed by atoms with E-state index < -0.39 is 0 Å². The van der Waals surface area contributed by atoms with E-state index >= 15 is 0 Å². The number of aromatic nitrogens is 4. The minimum absolute atomic E-state index is 0.385. The lowest BCUT2D eigenvalue weighted by Crippen LogP contribution is -2.39. The van der Waals surface area contributed by atoms with Gasteiger partial charge in [-0.15, -0.1) is 0 Å². The Kier molecular flexibility index (Phi) is 7.78. The minimum atomic E-state index is 0.385. The fraction of sp³-hybridized carbons (Fsp3) is 0.529. The Labute approximate surface area is 259 Å². The molecule has 0 bridgehead atoms. The second kappa shape index (κ2) is 12.3. The number of anilines is 4. The van der Waals surface area contributed by atoms with Crippen LogP contribution in [0.15, 0.2) is 42.5 Å². The molecule has 1 unspecified atom stereocenters. The van der Waals surface area contributed by atoms with Gasteiger partial charge in [-0.05, 0) is 61.9 Å². The first-order valence-corrected chi connectivity index (χ1v) is 16.5. The fourth-order valence-corrected chi connectivity index (χ4v) is 7.26. The molecule has 10 nitrogen and oxygen atoms in total. The van der Waals surface area contributed by atoms with Crippen molar-refractivity contribution >= 4 is 45.3 Å². The number of benzene rings is 2.